The van der Waals surface area contributed by atoms with Gasteiger partial charge < -0.3 is 4.98 Å². The first-order valence-corrected chi connectivity index (χ1v) is 6.17. The second-order valence-corrected chi connectivity index (χ2v) is 3.70. The maximum absolute atomic E-state index is 3.43. The number of aromatic nitrogens is 1. The summed E-state index contributed by atoms with van der Waals surface area (Å²) < 4.78 is 0. The lowest BCUT2D eigenvalue weighted by Gasteiger charge is -1.96. The number of aromatic amines is 1. The van der Waals surface area contributed by atoms with E-state index < -0.39 is 0 Å². The van der Waals surface area contributed by atoms with Gasteiger partial charge in [0.25, 0.3) is 0 Å². The van der Waals surface area contributed by atoms with E-state index in [1.165, 1.54) is 22.2 Å². The van der Waals surface area contributed by atoms with Crippen molar-refractivity contribution in [2.75, 3.05) is 0 Å². The van der Waals surface area contributed by atoms with Crippen molar-refractivity contribution in [1.82, 2.24) is 4.98 Å². The van der Waals surface area contributed by atoms with Gasteiger partial charge >= 0.3 is 0 Å². The Bertz CT molecular complexity index is 591. The zero-order valence-corrected chi connectivity index (χ0v) is 10.4. The number of hydrogen-bond donors (Lipinski definition) is 1. The average molecular weight is 223 g/mol. The molecule has 3 rings (SSSR count). The van der Waals surface area contributed by atoms with Gasteiger partial charge in [-0.1, -0.05) is 56.0 Å². The van der Waals surface area contributed by atoms with Crippen molar-refractivity contribution in [1.29, 1.82) is 0 Å². The molecule has 0 radical (unpaired) electrons. The summed E-state index contributed by atoms with van der Waals surface area (Å²) in [5.74, 6) is 6.29. The second-order valence-electron chi connectivity index (χ2n) is 3.70. The molecular weight excluding hydrogens is 206 g/mol. The normalized spacial score (nSPS) is 14.5. The van der Waals surface area contributed by atoms with E-state index in [0.717, 1.165) is 12.8 Å². The molecule has 0 aliphatic heterocycles. The molecule has 17 heavy (non-hydrogen) atoms. The molecule has 0 atom stereocenters. The van der Waals surface area contributed by atoms with Gasteiger partial charge in [-0.25, -0.2) is 0 Å². The Morgan fingerprint density at radius 2 is 1.94 bits per heavy atom. The van der Waals surface area contributed by atoms with Crippen molar-refractivity contribution in [2.45, 2.75) is 26.7 Å². The molecule has 1 aliphatic carbocycles. The third kappa shape index (κ3) is 2.26. The van der Waals surface area contributed by atoms with Gasteiger partial charge in [0.15, 0.2) is 0 Å². The smallest absolute Gasteiger partial charge is 0.0498 e. The average Bonchev–Trinajstić information content (AvgIpc) is 2.69. The summed E-state index contributed by atoms with van der Waals surface area (Å²) in [6, 6.07) is 8.40. The fraction of sp³-hybridized carbons (Fsp3) is 0.250. The fourth-order valence-electron chi connectivity index (χ4n) is 2.01. The molecule has 1 aromatic heterocycles. The first-order chi connectivity index (χ1) is 8.45. The summed E-state index contributed by atoms with van der Waals surface area (Å²) in [4.78, 5) is 3.43. The summed E-state index contributed by atoms with van der Waals surface area (Å²) >= 11 is 0. The predicted octanol–water partition coefficient (Wildman–Crippen LogP) is 4.16. The molecule has 0 spiro atoms. The molecule has 1 heteroatoms. The number of rotatable bonds is 0. The van der Waals surface area contributed by atoms with Crippen LogP contribution in [-0.2, 0) is 6.42 Å². The standard InChI is InChI=1S/C14H11N.C2H6/c1-2-4-9-13-11(7-3-1)12-8-5-6-10-14(12)15-13;1-2/h3,5-8,10,15H,1,9H2;1-2H3/b7-3-;. The lowest BCUT2D eigenvalue weighted by atomic mass is 10.1. The number of para-hydroxylation sites is 1. The Labute approximate surface area is 103 Å². The molecule has 0 amide bonds. The molecule has 1 heterocycles. The maximum atomic E-state index is 3.43. The highest BCUT2D eigenvalue weighted by Crippen LogP contribution is 2.24. The molecule has 0 saturated heterocycles. The minimum Gasteiger partial charge on any atom is -0.357 e. The van der Waals surface area contributed by atoms with Crippen LogP contribution in [0.5, 0.6) is 0 Å². The predicted molar refractivity (Wildman–Crippen MR) is 74.8 cm³/mol. The van der Waals surface area contributed by atoms with Crippen molar-refractivity contribution in [3.63, 3.8) is 0 Å². The van der Waals surface area contributed by atoms with E-state index >= 15 is 0 Å². The molecular formula is C16H17N. The molecule has 86 valence electrons. The van der Waals surface area contributed by atoms with E-state index in [1.807, 2.05) is 13.8 Å². The maximum Gasteiger partial charge on any atom is 0.0498 e. The van der Waals surface area contributed by atoms with Gasteiger partial charge in [0.1, 0.15) is 0 Å². The van der Waals surface area contributed by atoms with Crippen LogP contribution in [0, 0.1) is 11.8 Å². The fourth-order valence-corrected chi connectivity index (χ4v) is 2.01. The summed E-state index contributed by atoms with van der Waals surface area (Å²) in [5.41, 5.74) is 3.75. The number of hydrogen-bond acceptors (Lipinski definition) is 0. The van der Waals surface area contributed by atoms with Crippen LogP contribution in [0.3, 0.4) is 0 Å². The minimum absolute atomic E-state index is 0.828. The first-order valence-electron chi connectivity index (χ1n) is 6.17. The molecule has 0 bridgehead atoms. The number of nitrogens with one attached hydrogen (secondary N) is 1. The third-order valence-corrected chi connectivity index (χ3v) is 2.72. The molecule has 1 aliphatic rings. The Kier molecular flexibility index (Phi) is 3.67. The molecule has 0 fully saturated rings. The van der Waals surface area contributed by atoms with Gasteiger partial charge in [-0.3, -0.25) is 0 Å². The zero-order valence-electron chi connectivity index (χ0n) is 10.4. The lowest BCUT2D eigenvalue weighted by molar-refractivity contribution is 1.18. The summed E-state index contributed by atoms with van der Waals surface area (Å²) in [6.45, 7) is 4.00. The highest BCUT2D eigenvalue weighted by molar-refractivity contribution is 5.90. The minimum atomic E-state index is 0.828. The van der Waals surface area contributed by atoms with Crippen molar-refractivity contribution < 1.29 is 0 Å². The van der Waals surface area contributed by atoms with Gasteiger partial charge in [0.2, 0.25) is 0 Å². The van der Waals surface area contributed by atoms with Crippen LogP contribution in [0.1, 0.15) is 31.5 Å². The Balaban J connectivity index is 0.000000514. The van der Waals surface area contributed by atoms with E-state index in [2.05, 4.69) is 53.2 Å². The van der Waals surface area contributed by atoms with Crippen molar-refractivity contribution in [3.05, 3.63) is 41.6 Å². The molecule has 2 aromatic rings. The molecule has 1 nitrogen and oxygen atoms in total. The quantitative estimate of drug-likeness (QED) is 0.645. The lowest BCUT2D eigenvalue weighted by Crippen LogP contribution is -1.86. The highest BCUT2D eigenvalue weighted by Gasteiger charge is 2.07. The van der Waals surface area contributed by atoms with Gasteiger partial charge in [-0.2, -0.15) is 0 Å². The first kappa shape index (κ1) is 11.5. The van der Waals surface area contributed by atoms with Gasteiger partial charge in [0, 0.05) is 35.0 Å². The van der Waals surface area contributed by atoms with Crippen LogP contribution in [0.15, 0.2) is 30.3 Å². The van der Waals surface area contributed by atoms with Gasteiger partial charge in [-0.05, 0) is 6.07 Å². The van der Waals surface area contributed by atoms with E-state index in [0.29, 0.717) is 0 Å². The van der Waals surface area contributed by atoms with E-state index in [-0.39, 0.29) is 0 Å². The molecule has 1 aromatic carbocycles. The molecule has 1 N–H and O–H groups in total. The van der Waals surface area contributed by atoms with E-state index in [1.54, 1.807) is 0 Å². The number of benzene rings is 1. The van der Waals surface area contributed by atoms with Crippen LogP contribution < -0.4 is 0 Å². The van der Waals surface area contributed by atoms with Crippen LogP contribution in [0.2, 0.25) is 0 Å². The summed E-state index contributed by atoms with van der Waals surface area (Å²) in [5, 5.41) is 1.30. The molecule has 0 unspecified atom stereocenters. The SMILES string of the molecule is C1#CCc2[nH]c3ccccc3c2/C=C\C1.CC. The second kappa shape index (κ2) is 5.41. The summed E-state index contributed by atoms with van der Waals surface area (Å²) in [6.07, 6.45) is 6.00. The van der Waals surface area contributed by atoms with Crippen LogP contribution in [0.4, 0.5) is 0 Å². The van der Waals surface area contributed by atoms with Crippen LogP contribution >= 0.6 is 0 Å². The number of allylic oxidation sites excluding steroid dienone is 1. The third-order valence-electron chi connectivity index (χ3n) is 2.72. The molecule has 0 saturated carbocycles. The van der Waals surface area contributed by atoms with Crippen molar-refractivity contribution in [3.8, 4) is 11.8 Å². The number of fused-ring (bicyclic) bond motifs is 3. The highest BCUT2D eigenvalue weighted by atomic mass is 14.7. The van der Waals surface area contributed by atoms with Crippen molar-refractivity contribution in [2.24, 2.45) is 0 Å². The van der Waals surface area contributed by atoms with Gasteiger partial charge in [0.05, 0.1) is 0 Å². The Hall–Kier alpha value is -1.94. The van der Waals surface area contributed by atoms with E-state index in [4.69, 9.17) is 0 Å². The Morgan fingerprint density at radius 3 is 2.82 bits per heavy atom. The largest absolute Gasteiger partial charge is 0.357 e. The number of H-pyrrole nitrogens is 1. The van der Waals surface area contributed by atoms with Crippen LogP contribution in [-0.4, -0.2) is 4.98 Å². The van der Waals surface area contributed by atoms with Crippen LogP contribution in [0.25, 0.3) is 17.0 Å². The van der Waals surface area contributed by atoms with Crippen molar-refractivity contribution >= 4 is 17.0 Å². The topological polar surface area (TPSA) is 15.8 Å². The Morgan fingerprint density at radius 1 is 1.12 bits per heavy atom. The van der Waals surface area contributed by atoms with Gasteiger partial charge in [-0.15, -0.1) is 0 Å². The zero-order chi connectivity index (χ0) is 12.1. The van der Waals surface area contributed by atoms with E-state index in [9.17, 15) is 0 Å². The summed E-state index contributed by atoms with van der Waals surface area (Å²) in [7, 11) is 0. The monoisotopic (exact) mass is 223 g/mol.